The van der Waals surface area contributed by atoms with E-state index in [0.717, 1.165) is 34.4 Å². The van der Waals surface area contributed by atoms with Crippen molar-refractivity contribution in [1.82, 2.24) is 14.8 Å². The number of pyridine rings is 1. The molecule has 0 spiro atoms. The van der Waals surface area contributed by atoms with Gasteiger partial charge in [0.05, 0.1) is 12.5 Å². The highest BCUT2D eigenvalue weighted by Crippen LogP contribution is 2.33. The maximum absolute atomic E-state index is 15.7. The Morgan fingerprint density at radius 1 is 1.00 bits per heavy atom. The average Bonchev–Trinajstić information content (AvgIpc) is 2.89. The number of carbonyl (C=O) groups is 2. The summed E-state index contributed by atoms with van der Waals surface area (Å²) in [6.45, 7) is 12.0. The fraction of sp³-hybridized carbons (Fsp3) is 0.441. The van der Waals surface area contributed by atoms with Crippen LogP contribution in [0, 0.1) is 39.4 Å². The summed E-state index contributed by atoms with van der Waals surface area (Å²) < 4.78 is 17.2. The van der Waals surface area contributed by atoms with Gasteiger partial charge in [-0.25, -0.2) is 4.39 Å². The van der Waals surface area contributed by atoms with Crippen LogP contribution >= 0.6 is 0 Å². The molecule has 3 aromatic rings. The van der Waals surface area contributed by atoms with E-state index in [2.05, 4.69) is 5.32 Å². The number of hydrogen-bond donors (Lipinski definition) is 2. The molecule has 1 unspecified atom stereocenters. The van der Waals surface area contributed by atoms with Crippen molar-refractivity contribution >= 4 is 11.9 Å². The molecule has 1 aromatic heterocycles. The molecule has 42 heavy (non-hydrogen) atoms. The highest BCUT2D eigenvalue weighted by molar-refractivity contribution is 5.82. The lowest BCUT2D eigenvalue weighted by atomic mass is 9.90. The molecule has 0 aliphatic heterocycles. The zero-order valence-electron chi connectivity index (χ0n) is 26.0. The minimum Gasteiger partial charge on any atom is -0.481 e. The SMILES string of the molecule is Cc1cc(-c2c(C)cccc2C)cc([C@H](CC(=O)O)NC(=O)C(CC(C)C)n2cc(CCN(C)C)cc(C)c2=O)c1F. The first-order valence-electron chi connectivity index (χ1n) is 14.4. The van der Waals surface area contributed by atoms with Crippen molar-refractivity contribution in [2.45, 2.75) is 72.9 Å². The van der Waals surface area contributed by atoms with Crippen LogP contribution in [0.2, 0.25) is 0 Å². The number of likely N-dealkylation sites (N-methyl/N-ethyl adjacent to an activating group) is 1. The van der Waals surface area contributed by atoms with Gasteiger partial charge in [0.2, 0.25) is 5.91 Å². The predicted octanol–water partition coefficient (Wildman–Crippen LogP) is 5.91. The summed E-state index contributed by atoms with van der Waals surface area (Å²) in [5.74, 6) is -2.19. The number of aliphatic carboxylic acids is 1. The van der Waals surface area contributed by atoms with Gasteiger partial charge in [-0.3, -0.25) is 14.4 Å². The summed E-state index contributed by atoms with van der Waals surface area (Å²) in [5, 5.41) is 12.6. The number of carbonyl (C=O) groups excluding carboxylic acids is 1. The molecule has 7 nitrogen and oxygen atoms in total. The van der Waals surface area contributed by atoms with Crippen molar-refractivity contribution in [3.63, 3.8) is 0 Å². The Bertz CT molecular complexity index is 1490. The van der Waals surface area contributed by atoms with Crippen molar-refractivity contribution in [2.75, 3.05) is 20.6 Å². The maximum Gasteiger partial charge on any atom is 0.305 e. The van der Waals surface area contributed by atoms with Crippen LogP contribution in [-0.4, -0.2) is 47.1 Å². The Balaban J connectivity index is 2.10. The number of nitrogens with one attached hydrogen (secondary N) is 1. The Kier molecular flexibility index (Phi) is 10.9. The van der Waals surface area contributed by atoms with Crippen molar-refractivity contribution < 1.29 is 19.1 Å². The number of carboxylic acids is 1. The molecule has 0 saturated carbocycles. The van der Waals surface area contributed by atoms with Gasteiger partial charge < -0.3 is 19.9 Å². The third-order valence-electron chi connectivity index (χ3n) is 7.58. The zero-order valence-corrected chi connectivity index (χ0v) is 26.0. The fourth-order valence-corrected chi connectivity index (χ4v) is 5.48. The summed E-state index contributed by atoms with van der Waals surface area (Å²) in [4.78, 5) is 41.3. The van der Waals surface area contributed by atoms with E-state index in [0.29, 0.717) is 24.0 Å². The molecule has 3 rings (SSSR count). The van der Waals surface area contributed by atoms with Gasteiger partial charge in [-0.15, -0.1) is 0 Å². The maximum atomic E-state index is 15.7. The quantitative estimate of drug-likeness (QED) is 0.279. The van der Waals surface area contributed by atoms with Crippen molar-refractivity contribution in [2.24, 2.45) is 5.92 Å². The van der Waals surface area contributed by atoms with E-state index in [4.69, 9.17) is 0 Å². The second-order valence-electron chi connectivity index (χ2n) is 12.1. The molecular formula is C34H44FN3O4. The standard InChI is InChI=1S/C34H44FN3O4/c1-20(2)14-29(38-19-25(12-13-37(7)8)15-24(6)34(38)42)33(41)36-28(18-30(39)40)27-17-26(16-23(5)32(27)35)31-21(3)10-9-11-22(31)4/h9-11,15-17,19-20,28-29H,12-14,18H2,1-8H3,(H,36,41)(H,39,40)/t28-,29?/m0/s1. The van der Waals surface area contributed by atoms with Crippen LogP contribution in [-0.2, 0) is 16.0 Å². The van der Waals surface area contributed by atoms with Gasteiger partial charge in [0.25, 0.3) is 5.56 Å². The largest absolute Gasteiger partial charge is 0.481 e. The van der Waals surface area contributed by atoms with Crippen LogP contribution in [0.5, 0.6) is 0 Å². The zero-order chi connectivity index (χ0) is 31.3. The van der Waals surface area contributed by atoms with Crippen LogP contribution in [0.15, 0.2) is 47.4 Å². The molecular weight excluding hydrogens is 533 g/mol. The monoisotopic (exact) mass is 577 g/mol. The van der Waals surface area contributed by atoms with Crippen LogP contribution in [0.1, 0.15) is 72.2 Å². The van der Waals surface area contributed by atoms with Gasteiger partial charge in [-0.2, -0.15) is 0 Å². The van der Waals surface area contributed by atoms with E-state index >= 15 is 4.39 Å². The number of amides is 1. The molecule has 0 aliphatic rings. The van der Waals surface area contributed by atoms with E-state index < -0.39 is 36.2 Å². The fourth-order valence-electron chi connectivity index (χ4n) is 5.48. The molecule has 8 heteroatoms. The summed E-state index contributed by atoms with van der Waals surface area (Å²) in [6, 6.07) is 9.10. The highest BCUT2D eigenvalue weighted by Gasteiger charge is 2.29. The number of carboxylic acid groups (broad SMARTS) is 1. The molecule has 0 saturated heterocycles. The lowest BCUT2D eigenvalue weighted by molar-refractivity contribution is -0.138. The molecule has 1 amide bonds. The van der Waals surface area contributed by atoms with E-state index in [1.165, 1.54) is 4.57 Å². The smallest absolute Gasteiger partial charge is 0.305 e. The number of nitrogens with zero attached hydrogens (tertiary/aromatic N) is 2. The summed E-state index contributed by atoms with van der Waals surface area (Å²) in [7, 11) is 3.94. The second-order valence-corrected chi connectivity index (χ2v) is 12.1. The van der Waals surface area contributed by atoms with Crippen LogP contribution in [0.4, 0.5) is 4.39 Å². The van der Waals surface area contributed by atoms with Crippen molar-refractivity contribution in [3.8, 4) is 11.1 Å². The van der Waals surface area contributed by atoms with Gasteiger partial charge in [0.1, 0.15) is 11.9 Å². The van der Waals surface area contributed by atoms with E-state index in [1.807, 2.05) is 71.0 Å². The summed E-state index contributed by atoms with van der Waals surface area (Å²) >= 11 is 0. The molecule has 0 bridgehead atoms. The highest BCUT2D eigenvalue weighted by atomic mass is 19.1. The lowest BCUT2D eigenvalue weighted by Gasteiger charge is -2.26. The Morgan fingerprint density at radius 2 is 1.64 bits per heavy atom. The van der Waals surface area contributed by atoms with Crippen LogP contribution in [0.25, 0.3) is 11.1 Å². The van der Waals surface area contributed by atoms with E-state index in [1.54, 1.807) is 32.2 Å². The minimum absolute atomic E-state index is 0.0580. The number of benzene rings is 2. The predicted molar refractivity (Wildman–Crippen MR) is 165 cm³/mol. The topological polar surface area (TPSA) is 91.6 Å². The lowest BCUT2D eigenvalue weighted by Crippen LogP contribution is -2.41. The van der Waals surface area contributed by atoms with Crippen molar-refractivity contribution in [3.05, 3.63) is 92.1 Å². The first-order valence-corrected chi connectivity index (χ1v) is 14.4. The molecule has 0 radical (unpaired) electrons. The number of halogens is 1. The Morgan fingerprint density at radius 3 is 2.21 bits per heavy atom. The van der Waals surface area contributed by atoms with E-state index in [9.17, 15) is 19.5 Å². The second kappa shape index (κ2) is 13.9. The van der Waals surface area contributed by atoms with Crippen LogP contribution in [0.3, 0.4) is 0 Å². The van der Waals surface area contributed by atoms with Crippen molar-refractivity contribution in [1.29, 1.82) is 0 Å². The molecule has 2 aromatic carbocycles. The molecule has 226 valence electrons. The number of aromatic nitrogens is 1. The third-order valence-corrected chi connectivity index (χ3v) is 7.58. The number of rotatable bonds is 12. The average molecular weight is 578 g/mol. The number of aryl methyl sites for hydroxylation is 4. The molecule has 0 fully saturated rings. The summed E-state index contributed by atoms with van der Waals surface area (Å²) in [6.07, 6.45) is 2.26. The van der Waals surface area contributed by atoms with E-state index in [-0.39, 0.29) is 17.0 Å². The minimum atomic E-state index is -1.17. The Hall–Kier alpha value is -3.78. The van der Waals surface area contributed by atoms with Gasteiger partial charge in [-0.05, 0) is 112 Å². The first kappa shape index (κ1) is 32.7. The molecule has 0 aliphatic carbocycles. The Labute approximate surface area is 248 Å². The summed E-state index contributed by atoms with van der Waals surface area (Å²) in [5.41, 5.74) is 5.34. The normalized spacial score (nSPS) is 12.9. The number of hydrogen-bond acceptors (Lipinski definition) is 4. The van der Waals surface area contributed by atoms with Gasteiger partial charge in [0, 0.05) is 23.9 Å². The first-order chi connectivity index (χ1) is 19.7. The molecule has 2 atom stereocenters. The van der Waals surface area contributed by atoms with Gasteiger partial charge in [0.15, 0.2) is 0 Å². The van der Waals surface area contributed by atoms with Crippen LogP contribution < -0.4 is 10.9 Å². The van der Waals surface area contributed by atoms with Gasteiger partial charge in [-0.1, -0.05) is 32.0 Å². The molecule has 2 N–H and O–H groups in total. The van der Waals surface area contributed by atoms with Gasteiger partial charge >= 0.3 is 5.97 Å². The third kappa shape index (κ3) is 7.94. The molecule has 1 heterocycles.